The summed E-state index contributed by atoms with van der Waals surface area (Å²) in [6.45, 7) is 0.883. The van der Waals surface area contributed by atoms with Crippen molar-refractivity contribution in [3.63, 3.8) is 0 Å². The Bertz CT molecular complexity index is 447. The van der Waals surface area contributed by atoms with Gasteiger partial charge in [0.15, 0.2) is 5.82 Å². The third kappa shape index (κ3) is 2.69. The minimum absolute atomic E-state index is 0. The number of nitrogens with zero attached hydrogens (tertiary/aromatic N) is 5. The molecule has 4 rings (SSSR count). The Hall–Kier alpha value is -0.720. The number of hydrogen-bond donors (Lipinski definition) is 1. The molecule has 20 heavy (non-hydrogen) atoms. The maximum atomic E-state index is 4.21. The van der Waals surface area contributed by atoms with Crippen LogP contribution in [0, 0.1) is 0 Å². The van der Waals surface area contributed by atoms with Gasteiger partial charge in [-0.15, -0.1) is 17.5 Å². The first-order chi connectivity index (χ1) is 9.29. The zero-order chi connectivity index (χ0) is 12.8. The first-order valence-corrected chi connectivity index (χ1v) is 7.52. The van der Waals surface area contributed by atoms with Crippen LogP contribution < -0.4 is 5.32 Å². The molecule has 0 radical (unpaired) electrons. The molecule has 3 fully saturated rings. The van der Waals surface area contributed by atoms with Crippen molar-refractivity contribution in [2.45, 2.75) is 69.2 Å². The molecule has 1 aromatic heterocycles. The summed E-state index contributed by atoms with van der Waals surface area (Å²) in [4.78, 5) is 2.46. The van der Waals surface area contributed by atoms with Crippen LogP contribution in [-0.4, -0.2) is 50.3 Å². The number of piperidine rings is 1. The van der Waals surface area contributed by atoms with Crippen LogP contribution in [0.2, 0.25) is 0 Å². The smallest absolute Gasteiger partial charge is 0.165 e. The van der Waals surface area contributed by atoms with E-state index in [2.05, 4.69) is 32.8 Å². The van der Waals surface area contributed by atoms with E-state index in [4.69, 9.17) is 0 Å². The van der Waals surface area contributed by atoms with Gasteiger partial charge in [-0.1, -0.05) is 0 Å². The van der Waals surface area contributed by atoms with E-state index in [1.807, 2.05) is 4.68 Å². The van der Waals surface area contributed by atoms with Gasteiger partial charge in [-0.3, -0.25) is 4.90 Å². The topological polar surface area (TPSA) is 58.9 Å². The number of tetrazole rings is 1. The zero-order valence-electron chi connectivity index (χ0n) is 11.9. The summed E-state index contributed by atoms with van der Waals surface area (Å²) in [5.74, 6) is 1.04. The molecule has 2 bridgehead atoms. The minimum atomic E-state index is 0. The highest BCUT2D eigenvalue weighted by molar-refractivity contribution is 5.85. The second-order valence-electron chi connectivity index (χ2n) is 6.45. The Balaban J connectivity index is 0.00000121. The highest BCUT2D eigenvalue weighted by atomic mass is 35.5. The SMILES string of the molecule is CN(Cc1nnnn1C1CC1)C1CC2CCC(C1)N2.Cl. The molecule has 6 nitrogen and oxygen atoms in total. The standard InChI is InChI=1S/C13H22N6.ClH/c1-18(12-6-9-2-3-10(7-12)14-9)8-13-15-16-17-19(13)11-4-5-11;/h9-12,14H,2-8H2,1H3;1H. The Morgan fingerprint density at radius 1 is 1.20 bits per heavy atom. The second-order valence-corrected chi connectivity index (χ2v) is 6.45. The van der Waals surface area contributed by atoms with Gasteiger partial charge in [0.2, 0.25) is 0 Å². The Labute approximate surface area is 125 Å². The van der Waals surface area contributed by atoms with Crippen molar-refractivity contribution in [1.29, 1.82) is 0 Å². The van der Waals surface area contributed by atoms with Crippen LogP contribution in [0.15, 0.2) is 0 Å². The van der Waals surface area contributed by atoms with E-state index in [1.165, 1.54) is 38.5 Å². The van der Waals surface area contributed by atoms with Gasteiger partial charge >= 0.3 is 0 Å². The normalized spacial score (nSPS) is 32.4. The third-order valence-electron chi connectivity index (χ3n) is 4.92. The predicted octanol–water partition coefficient (Wildman–Crippen LogP) is 1.14. The summed E-state index contributed by atoms with van der Waals surface area (Å²) in [5, 5.41) is 15.9. The average Bonchev–Trinajstić information content (AvgIpc) is 3.07. The third-order valence-corrected chi connectivity index (χ3v) is 4.92. The van der Waals surface area contributed by atoms with Crippen LogP contribution >= 0.6 is 12.4 Å². The minimum Gasteiger partial charge on any atom is -0.311 e. The van der Waals surface area contributed by atoms with E-state index in [0.717, 1.165) is 24.5 Å². The van der Waals surface area contributed by atoms with Crippen molar-refractivity contribution >= 4 is 12.4 Å². The van der Waals surface area contributed by atoms with Crippen LogP contribution in [0.3, 0.4) is 0 Å². The second kappa shape index (κ2) is 5.58. The average molecular weight is 299 g/mol. The van der Waals surface area contributed by atoms with E-state index in [1.54, 1.807) is 0 Å². The molecule has 112 valence electrons. The summed E-state index contributed by atoms with van der Waals surface area (Å²) < 4.78 is 2.03. The summed E-state index contributed by atoms with van der Waals surface area (Å²) in [5.41, 5.74) is 0. The molecule has 7 heteroatoms. The van der Waals surface area contributed by atoms with Gasteiger partial charge in [-0.05, 0) is 56.0 Å². The zero-order valence-corrected chi connectivity index (χ0v) is 12.7. The van der Waals surface area contributed by atoms with Gasteiger partial charge in [0.1, 0.15) is 0 Å². The molecule has 0 aromatic carbocycles. The predicted molar refractivity (Wildman–Crippen MR) is 77.8 cm³/mol. The molecule has 1 aliphatic carbocycles. The molecule has 2 unspecified atom stereocenters. The molecule has 1 saturated carbocycles. The van der Waals surface area contributed by atoms with Crippen molar-refractivity contribution < 1.29 is 0 Å². The monoisotopic (exact) mass is 298 g/mol. The fourth-order valence-electron chi connectivity index (χ4n) is 3.66. The lowest BCUT2D eigenvalue weighted by molar-refractivity contribution is 0.160. The molecular formula is C13H23ClN6. The largest absolute Gasteiger partial charge is 0.311 e. The summed E-state index contributed by atoms with van der Waals surface area (Å²) in [6.07, 6.45) is 7.73. The molecule has 3 aliphatic rings. The molecular weight excluding hydrogens is 276 g/mol. The number of fused-ring (bicyclic) bond motifs is 2. The molecule has 0 spiro atoms. The summed E-state index contributed by atoms with van der Waals surface area (Å²) >= 11 is 0. The number of hydrogen-bond acceptors (Lipinski definition) is 5. The first kappa shape index (κ1) is 14.2. The number of halogens is 1. The van der Waals surface area contributed by atoms with Crippen LogP contribution in [-0.2, 0) is 6.54 Å². The molecule has 1 aromatic rings. The fourth-order valence-corrected chi connectivity index (χ4v) is 3.66. The summed E-state index contributed by atoms with van der Waals surface area (Å²) in [7, 11) is 2.22. The van der Waals surface area contributed by atoms with Gasteiger partial charge in [-0.2, -0.15) is 0 Å². The van der Waals surface area contributed by atoms with Gasteiger partial charge in [-0.25, -0.2) is 4.68 Å². The van der Waals surface area contributed by atoms with E-state index in [-0.39, 0.29) is 12.4 Å². The van der Waals surface area contributed by atoms with E-state index in [0.29, 0.717) is 12.1 Å². The Morgan fingerprint density at radius 2 is 1.90 bits per heavy atom. The van der Waals surface area contributed by atoms with Crippen molar-refractivity contribution in [2.75, 3.05) is 7.05 Å². The quantitative estimate of drug-likeness (QED) is 0.903. The first-order valence-electron chi connectivity index (χ1n) is 7.52. The van der Waals surface area contributed by atoms with Crippen molar-refractivity contribution in [1.82, 2.24) is 30.4 Å². The maximum Gasteiger partial charge on any atom is 0.165 e. The van der Waals surface area contributed by atoms with Gasteiger partial charge in [0.25, 0.3) is 0 Å². The fraction of sp³-hybridized carbons (Fsp3) is 0.923. The van der Waals surface area contributed by atoms with Gasteiger partial charge in [0, 0.05) is 18.1 Å². The number of aromatic nitrogens is 4. The Morgan fingerprint density at radius 3 is 2.55 bits per heavy atom. The van der Waals surface area contributed by atoms with E-state index >= 15 is 0 Å². The van der Waals surface area contributed by atoms with Crippen LogP contribution in [0.4, 0.5) is 0 Å². The maximum absolute atomic E-state index is 4.21. The molecule has 2 aliphatic heterocycles. The van der Waals surface area contributed by atoms with E-state index in [9.17, 15) is 0 Å². The summed E-state index contributed by atoms with van der Waals surface area (Å²) in [6, 6.07) is 2.74. The van der Waals surface area contributed by atoms with Crippen molar-refractivity contribution in [3.8, 4) is 0 Å². The lowest BCUT2D eigenvalue weighted by Crippen LogP contribution is -2.46. The molecule has 0 amide bonds. The van der Waals surface area contributed by atoms with Crippen LogP contribution in [0.5, 0.6) is 0 Å². The van der Waals surface area contributed by atoms with Gasteiger partial charge < -0.3 is 5.32 Å². The van der Waals surface area contributed by atoms with Crippen LogP contribution in [0.25, 0.3) is 0 Å². The molecule has 2 saturated heterocycles. The van der Waals surface area contributed by atoms with Crippen molar-refractivity contribution in [2.24, 2.45) is 0 Å². The molecule has 2 atom stereocenters. The molecule has 3 heterocycles. The lowest BCUT2D eigenvalue weighted by Gasteiger charge is -2.35. The van der Waals surface area contributed by atoms with E-state index < -0.39 is 0 Å². The van der Waals surface area contributed by atoms with Crippen LogP contribution in [0.1, 0.15) is 50.4 Å². The number of nitrogens with one attached hydrogen (secondary N) is 1. The molecule has 1 N–H and O–H groups in total. The highest BCUT2D eigenvalue weighted by Gasteiger charge is 2.36. The Kier molecular flexibility index (Phi) is 3.97. The van der Waals surface area contributed by atoms with Crippen molar-refractivity contribution in [3.05, 3.63) is 5.82 Å². The highest BCUT2D eigenvalue weighted by Crippen LogP contribution is 2.35. The number of rotatable bonds is 4. The lowest BCUT2D eigenvalue weighted by atomic mass is 9.98. The van der Waals surface area contributed by atoms with Gasteiger partial charge in [0.05, 0.1) is 12.6 Å².